The van der Waals surface area contributed by atoms with Gasteiger partial charge in [0.05, 0.1) is 21.9 Å². The smallest absolute Gasteiger partial charge is 0.341 e. The van der Waals surface area contributed by atoms with Crippen LogP contribution >= 0.6 is 28.3 Å². The molecule has 0 aromatic carbocycles. The Morgan fingerprint density at radius 2 is 2.19 bits per heavy atom. The number of aryl methyl sites for hydroxylation is 1. The molecule has 0 radical (unpaired) electrons. The molecule has 3 rings (SSSR count). The van der Waals surface area contributed by atoms with Gasteiger partial charge in [-0.1, -0.05) is 6.92 Å². The van der Waals surface area contributed by atoms with E-state index in [9.17, 15) is 19.1 Å². The molecule has 142 valence electrons. The minimum absolute atomic E-state index is 0. The van der Waals surface area contributed by atoms with Crippen LogP contribution < -0.4 is 15.8 Å². The average molecular weight is 449 g/mol. The summed E-state index contributed by atoms with van der Waals surface area (Å²) in [5.41, 5.74) is 0.502. The maximum Gasteiger partial charge on any atom is 0.341 e. The molecule has 2 aromatic rings. The number of rotatable bonds is 3. The number of carboxylic acids is 1. The highest BCUT2D eigenvalue weighted by Crippen LogP contribution is 2.35. The van der Waals surface area contributed by atoms with Crippen molar-refractivity contribution in [2.45, 2.75) is 26.3 Å². The van der Waals surface area contributed by atoms with Gasteiger partial charge >= 0.3 is 5.97 Å². The first kappa shape index (κ1) is 20.7. The normalized spacial score (nSPS) is 17.2. The van der Waals surface area contributed by atoms with Crippen molar-refractivity contribution in [1.82, 2.24) is 9.72 Å². The number of halogens is 3. The monoisotopic (exact) mass is 447 g/mol. The summed E-state index contributed by atoms with van der Waals surface area (Å²) in [6, 6.07) is 1.60. The predicted molar refractivity (Wildman–Crippen MR) is 105 cm³/mol. The van der Waals surface area contributed by atoms with Gasteiger partial charge in [0.2, 0.25) is 0 Å². The van der Waals surface area contributed by atoms with Gasteiger partial charge in [0.1, 0.15) is 5.56 Å². The van der Waals surface area contributed by atoms with Crippen LogP contribution in [0.3, 0.4) is 0 Å². The predicted octanol–water partition coefficient (Wildman–Crippen LogP) is 2.68. The zero-order valence-electron chi connectivity index (χ0n) is 14.4. The maximum atomic E-state index is 14.8. The van der Waals surface area contributed by atoms with Crippen molar-refractivity contribution < 1.29 is 14.3 Å². The van der Waals surface area contributed by atoms with Crippen molar-refractivity contribution in [2.24, 2.45) is 0 Å². The third-order valence-corrected chi connectivity index (χ3v) is 5.24. The number of nitrogens with zero attached hydrogens (tertiary/aromatic N) is 2. The van der Waals surface area contributed by atoms with Crippen molar-refractivity contribution >= 4 is 45.5 Å². The number of nitrogens with one attached hydrogen (secondary N) is 1. The van der Waals surface area contributed by atoms with Crippen molar-refractivity contribution in [3.63, 3.8) is 0 Å². The van der Waals surface area contributed by atoms with E-state index < -0.39 is 17.3 Å². The molecule has 1 saturated heterocycles. The molecule has 0 bridgehead atoms. The van der Waals surface area contributed by atoms with E-state index >= 15 is 0 Å². The molecule has 1 aliphatic heterocycles. The summed E-state index contributed by atoms with van der Waals surface area (Å²) in [6.07, 6.45) is 1.61. The third-order valence-electron chi connectivity index (χ3n) is 4.49. The molecule has 6 nitrogen and oxygen atoms in total. The number of carbonyl (C=O) groups is 1. The highest BCUT2D eigenvalue weighted by atomic mass is 79.9. The summed E-state index contributed by atoms with van der Waals surface area (Å²) >= 11 is 3.47. The number of hydrogen-bond donors (Lipinski definition) is 2. The van der Waals surface area contributed by atoms with E-state index in [4.69, 9.17) is 0 Å². The fourth-order valence-corrected chi connectivity index (χ4v) is 4.19. The molecule has 0 saturated carbocycles. The first-order chi connectivity index (χ1) is 11.8. The largest absolute Gasteiger partial charge is 0.477 e. The quantitative estimate of drug-likeness (QED) is 0.755. The second-order valence-electron chi connectivity index (χ2n) is 6.21. The fraction of sp³-hybridized carbons (Fsp3) is 0.412. The first-order valence-corrected chi connectivity index (χ1v) is 8.92. The molecule has 0 spiro atoms. The van der Waals surface area contributed by atoms with Crippen LogP contribution in [0, 0.1) is 5.82 Å². The minimum atomic E-state index is -1.31. The molecule has 2 aromatic heterocycles. The van der Waals surface area contributed by atoms with E-state index in [0.29, 0.717) is 40.8 Å². The second-order valence-corrected chi connectivity index (χ2v) is 7.00. The van der Waals surface area contributed by atoms with Gasteiger partial charge in [0, 0.05) is 25.7 Å². The lowest BCUT2D eigenvalue weighted by Crippen LogP contribution is -2.49. The van der Waals surface area contributed by atoms with Gasteiger partial charge in [-0.3, -0.25) is 9.20 Å². The summed E-state index contributed by atoms with van der Waals surface area (Å²) in [5.74, 6) is -1.87. The molecule has 1 fully saturated rings. The Bertz CT molecular complexity index is 918. The Balaban J connectivity index is 0.00000243. The number of anilines is 1. The van der Waals surface area contributed by atoms with Crippen LogP contribution in [0.2, 0.25) is 0 Å². The van der Waals surface area contributed by atoms with Gasteiger partial charge in [0.15, 0.2) is 5.82 Å². The number of piperazine rings is 1. The number of pyridine rings is 2. The summed E-state index contributed by atoms with van der Waals surface area (Å²) < 4.78 is 16.4. The van der Waals surface area contributed by atoms with Gasteiger partial charge in [-0.15, -0.1) is 12.4 Å². The molecule has 3 heterocycles. The van der Waals surface area contributed by atoms with Crippen LogP contribution in [-0.2, 0) is 6.42 Å². The van der Waals surface area contributed by atoms with Crippen molar-refractivity contribution in [3.8, 4) is 0 Å². The number of carboxylic acid groups (broad SMARTS) is 1. The van der Waals surface area contributed by atoms with Gasteiger partial charge in [-0.25, -0.2) is 9.18 Å². The lowest BCUT2D eigenvalue weighted by molar-refractivity contribution is 0.0694. The molecule has 0 aliphatic carbocycles. The molecule has 9 heteroatoms. The van der Waals surface area contributed by atoms with E-state index in [2.05, 4.69) is 21.2 Å². The summed E-state index contributed by atoms with van der Waals surface area (Å²) in [5, 5.41) is 12.5. The molecule has 1 aliphatic rings. The van der Waals surface area contributed by atoms with Crippen molar-refractivity contribution in [2.75, 3.05) is 24.5 Å². The van der Waals surface area contributed by atoms with Crippen LogP contribution in [0.25, 0.3) is 5.52 Å². The molecule has 1 atom stereocenters. The maximum absolute atomic E-state index is 14.8. The SMILES string of the molecule is CCc1cc(C(=O)O)c(=O)n2cc(F)c(N3CCNC(C)C3)c(Br)c12.Cl. The van der Waals surface area contributed by atoms with Crippen LogP contribution in [0.15, 0.2) is 21.5 Å². The van der Waals surface area contributed by atoms with Gasteiger partial charge in [-0.05, 0) is 40.9 Å². The van der Waals surface area contributed by atoms with Crippen molar-refractivity contribution in [3.05, 3.63) is 44.0 Å². The lowest BCUT2D eigenvalue weighted by Gasteiger charge is -2.34. The Kier molecular flexibility index (Phi) is 6.31. The Labute approximate surface area is 164 Å². The van der Waals surface area contributed by atoms with Gasteiger partial charge < -0.3 is 15.3 Å². The number of aromatic nitrogens is 1. The van der Waals surface area contributed by atoms with E-state index in [-0.39, 0.29) is 24.0 Å². The minimum Gasteiger partial charge on any atom is -0.477 e. The number of fused-ring (bicyclic) bond motifs is 1. The molecule has 0 amide bonds. The highest BCUT2D eigenvalue weighted by Gasteiger charge is 2.25. The van der Waals surface area contributed by atoms with Crippen LogP contribution in [0.1, 0.15) is 29.8 Å². The topological polar surface area (TPSA) is 74.0 Å². The van der Waals surface area contributed by atoms with Crippen LogP contribution in [-0.4, -0.2) is 41.2 Å². The molecule has 26 heavy (non-hydrogen) atoms. The van der Waals surface area contributed by atoms with Crippen molar-refractivity contribution in [1.29, 1.82) is 0 Å². The van der Waals surface area contributed by atoms with Crippen LogP contribution in [0.4, 0.5) is 10.1 Å². The van der Waals surface area contributed by atoms with E-state index in [0.717, 1.165) is 17.1 Å². The zero-order valence-corrected chi connectivity index (χ0v) is 16.8. The second kappa shape index (κ2) is 7.94. The van der Waals surface area contributed by atoms with E-state index in [1.807, 2.05) is 18.7 Å². The summed E-state index contributed by atoms with van der Waals surface area (Å²) in [7, 11) is 0. The zero-order chi connectivity index (χ0) is 18.3. The first-order valence-electron chi connectivity index (χ1n) is 8.13. The number of aromatic carboxylic acids is 1. The average Bonchev–Trinajstić information content (AvgIpc) is 2.55. The summed E-state index contributed by atoms with van der Waals surface area (Å²) in [4.78, 5) is 25.7. The molecular weight excluding hydrogens is 429 g/mol. The Hall–Kier alpha value is -1.64. The standard InChI is InChI=1S/C17H19BrFN3O3.ClH/c1-3-10-6-11(17(24)25)16(23)22-8-12(19)15(13(18)14(10)22)21-5-4-20-9(2)7-21;/h6,8-9,20H,3-5,7H2,1-2H3,(H,24,25);1H. The summed E-state index contributed by atoms with van der Waals surface area (Å²) in [6.45, 7) is 5.93. The van der Waals surface area contributed by atoms with Gasteiger partial charge in [-0.2, -0.15) is 0 Å². The molecule has 2 N–H and O–H groups in total. The Morgan fingerprint density at radius 1 is 1.50 bits per heavy atom. The van der Waals surface area contributed by atoms with E-state index in [1.165, 1.54) is 6.07 Å². The number of hydrogen-bond acceptors (Lipinski definition) is 4. The molecular formula is C17H20BrClFN3O3. The highest BCUT2D eigenvalue weighted by molar-refractivity contribution is 9.10. The third kappa shape index (κ3) is 3.45. The lowest BCUT2D eigenvalue weighted by atomic mass is 10.1. The molecule has 1 unspecified atom stereocenters. The van der Waals surface area contributed by atoms with Crippen LogP contribution in [0.5, 0.6) is 0 Å². The van der Waals surface area contributed by atoms with Gasteiger partial charge in [0.25, 0.3) is 5.56 Å². The Morgan fingerprint density at radius 3 is 2.77 bits per heavy atom. The van der Waals surface area contributed by atoms with E-state index in [1.54, 1.807) is 0 Å². The fourth-order valence-electron chi connectivity index (χ4n) is 3.30.